The molecule has 0 saturated carbocycles. The summed E-state index contributed by atoms with van der Waals surface area (Å²) in [6, 6.07) is 8.66. The number of nitrogens with one attached hydrogen (secondary N) is 1. The van der Waals surface area contributed by atoms with Crippen molar-refractivity contribution in [1.82, 2.24) is 19.8 Å². The van der Waals surface area contributed by atoms with Crippen LogP contribution in [0.1, 0.15) is 19.4 Å². The molecule has 0 bridgehead atoms. The van der Waals surface area contributed by atoms with Crippen LogP contribution < -0.4 is 10.2 Å². The highest BCUT2D eigenvalue weighted by Gasteiger charge is 2.22. The van der Waals surface area contributed by atoms with Crippen LogP contribution in [-0.4, -0.2) is 59.1 Å². The normalized spacial score (nSPS) is 15.6. The molecule has 25 heavy (non-hydrogen) atoms. The molecule has 1 amide bonds. The summed E-state index contributed by atoms with van der Waals surface area (Å²) in [5.74, 6) is 1.07. The van der Waals surface area contributed by atoms with Crippen LogP contribution in [0, 0.1) is 6.92 Å². The number of rotatable bonds is 5. The molecule has 1 aromatic carbocycles. The lowest BCUT2D eigenvalue weighted by Crippen LogP contribution is -2.50. The number of piperazine rings is 1. The third kappa shape index (κ3) is 4.39. The summed E-state index contributed by atoms with van der Waals surface area (Å²) >= 11 is 0. The van der Waals surface area contributed by atoms with Gasteiger partial charge in [0.05, 0.1) is 6.54 Å². The molecule has 1 aromatic heterocycles. The Kier molecular flexibility index (Phi) is 5.38. The van der Waals surface area contributed by atoms with Crippen LogP contribution in [-0.2, 0) is 4.79 Å². The number of carbonyl (C=O) groups is 1. The number of hydrogen-bond acceptors (Lipinski definition) is 4. The van der Waals surface area contributed by atoms with E-state index in [0.29, 0.717) is 6.54 Å². The van der Waals surface area contributed by atoms with Crippen molar-refractivity contribution in [3.63, 3.8) is 0 Å². The molecule has 3 rings (SSSR count). The van der Waals surface area contributed by atoms with Crippen LogP contribution in [0.25, 0.3) is 5.69 Å². The Morgan fingerprint density at radius 2 is 1.84 bits per heavy atom. The van der Waals surface area contributed by atoms with Gasteiger partial charge in [-0.25, -0.2) is 4.98 Å². The summed E-state index contributed by atoms with van der Waals surface area (Å²) in [5.41, 5.74) is 2.37. The topological polar surface area (TPSA) is 53.4 Å². The predicted molar refractivity (Wildman–Crippen MR) is 100 cm³/mol. The molecule has 0 spiro atoms. The van der Waals surface area contributed by atoms with Gasteiger partial charge in [-0.3, -0.25) is 14.3 Å². The minimum Gasteiger partial charge on any atom is -0.353 e. The molecule has 1 aliphatic heterocycles. The van der Waals surface area contributed by atoms with Gasteiger partial charge in [-0.1, -0.05) is 17.7 Å². The second kappa shape index (κ2) is 7.70. The van der Waals surface area contributed by atoms with E-state index in [-0.39, 0.29) is 11.9 Å². The van der Waals surface area contributed by atoms with Gasteiger partial charge in [0.1, 0.15) is 0 Å². The highest BCUT2D eigenvalue weighted by molar-refractivity contribution is 5.78. The molecule has 6 nitrogen and oxygen atoms in total. The van der Waals surface area contributed by atoms with Gasteiger partial charge < -0.3 is 10.2 Å². The first kappa shape index (κ1) is 17.5. The number of nitrogens with zero attached hydrogens (tertiary/aromatic N) is 4. The monoisotopic (exact) mass is 341 g/mol. The summed E-state index contributed by atoms with van der Waals surface area (Å²) in [5, 5.41) is 2.95. The third-order valence-electron chi connectivity index (χ3n) is 4.41. The van der Waals surface area contributed by atoms with Gasteiger partial charge in [0.25, 0.3) is 0 Å². The summed E-state index contributed by atoms with van der Waals surface area (Å²) < 4.78 is 2.13. The molecular formula is C19H27N5O. The fourth-order valence-corrected chi connectivity index (χ4v) is 3.11. The highest BCUT2D eigenvalue weighted by atomic mass is 16.2. The SMILES string of the molecule is Cc1ccc(-n2ccnc2N2CCN(CC(=O)NC(C)C)CC2)cc1. The summed E-state index contributed by atoms with van der Waals surface area (Å²) in [4.78, 5) is 21.0. The Hall–Kier alpha value is -2.34. The van der Waals surface area contributed by atoms with Crippen molar-refractivity contribution in [2.45, 2.75) is 26.8 Å². The van der Waals surface area contributed by atoms with Crippen molar-refractivity contribution in [3.05, 3.63) is 42.2 Å². The van der Waals surface area contributed by atoms with Crippen molar-refractivity contribution >= 4 is 11.9 Å². The molecule has 1 fully saturated rings. The zero-order valence-electron chi connectivity index (χ0n) is 15.3. The van der Waals surface area contributed by atoms with Crippen molar-refractivity contribution in [3.8, 4) is 5.69 Å². The maximum atomic E-state index is 11.9. The number of amides is 1. The van der Waals surface area contributed by atoms with Crippen LogP contribution in [0.3, 0.4) is 0 Å². The van der Waals surface area contributed by atoms with Gasteiger partial charge in [-0.2, -0.15) is 0 Å². The van der Waals surface area contributed by atoms with E-state index >= 15 is 0 Å². The predicted octanol–water partition coefficient (Wildman–Crippen LogP) is 1.83. The lowest BCUT2D eigenvalue weighted by atomic mass is 10.2. The summed E-state index contributed by atoms with van der Waals surface area (Å²) in [6.07, 6.45) is 3.85. The summed E-state index contributed by atoms with van der Waals surface area (Å²) in [6.45, 7) is 10.0. The van der Waals surface area contributed by atoms with E-state index in [1.54, 1.807) is 0 Å². The summed E-state index contributed by atoms with van der Waals surface area (Å²) in [7, 11) is 0. The minimum atomic E-state index is 0.101. The van der Waals surface area contributed by atoms with Crippen molar-refractivity contribution in [2.75, 3.05) is 37.6 Å². The fraction of sp³-hybridized carbons (Fsp3) is 0.474. The van der Waals surface area contributed by atoms with E-state index in [9.17, 15) is 4.79 Å². The van der Waals surface area contributed by atoms with Crippen LogP contribution in [0.5, 0.6) is 0 Å². The zero-order chi connectivity index (χ0) is 17.8. The number of carbonyl (C=O) groups excluding carboxylic acids is 1. The van der Waals surface area contributed by atoms with E-state index in [0.717, 1.165) is 37.8 Å². The van der Waals surface area contributed by atoms with Crippen LogP contribution in [0.15, 0.2) is 36.7 Å². The maximum absolute atomic E-state index is 11.9. The molecule has 2 aromatic rings. The molecule has 0 radical (unpaired) electrons. The largest absolute Gasteiger partial charge is 0.353 e. The second-order valence-electron chi connectivity index (χ2n) is 6.92. The van der Waals surface area contributed by atoms with Crippen LogP contribution >= 0.6 is 0 Å². The van der Waals surface area contributed by atoms with Crippen LogP contribution in [0.2, 0.25) is 0 Å². The third-order valence-corrected chi connectivity index (χ3v) is 4.41. The van der Waals surface area contributed by atoms with Gasteiger partial charge in [0, 0.05) is 50.3 Å². The average molecular weight is 341 g/mol. The standard InChI is InChI=1S/C19H27N5O/c1-15(2)21-18(25)14-22-10-12-23(13-11-22)19-20-8-9-24(19)17-6-4-16(3)5-7-17/h4-9,15H,10-14H2,1-3H3,(H,21,25). The van der Waals surface area contributed by atoms with E-state index in [1.807, 2.05) is 26.2 Å². The number of aryl methyl sites for hydroxylation is 1. The molecule has 6 heteroatoms. The Morgan fingerprint density at radius 3 is 2.48 bits per heavy atom. The molecule has 1 saturated heterocycles. The molecule has 1 N–H and O–H groups in total. The lowest BCUT2D eigenvalue weighted by molar-refractivity contribution is -0.122. The Bertz CT molecular complexity index is 699. The molecule has 0 unspecified atom stereocenters. The first-order chi connectivity index (χ1) is 12.0. The van der Waals surface area contributed by atoms with Gasteiger partial charge >= 0.3 is 0 Å². The Labute approximate surface area is 149 Å². The number of aromatic nitrogens is 2. The maximum Gasteiger partial charge on any atom is 0.234 e. The van der Waals surface area contributed by atoms with Gasteiger partial charge in [-0.05, 0) is 32.9 Å². The van der Waals surface area contributed by atoms with Gasteiger partial charge in [0.2, 0.25) is 11.9 Å². The molecule has 134 valence electrons. The second-order valence-corrected chi connectivity index (χ2v) is 6.92. The van der Waals surface area contributed by atoms with E-state index < -0.39 is 0 Å². The van der Waals surface area contributed by atoms with Gasteiger partial charge in [-0.15, -0.1) is 0 Å². The first-order valence-corrected chi connectivity index (χ1v) is 8.90. The number of hydrogen-bond donors (Lipinski definition) is 1. The molecular weight excluding hydrogens is 314 g/mol. The Balaban J connectivity index is 1.61. The fourth-order valence-electron chi connectivity index (χ4n) is 3.11. The van der Waals surface area contributed by atoms with E-state index in [4.69, 9.17) is 0 Å². The zero-order valence-corrected chi connectivity index (χ0v) is 15.3. The van der Waals surface area contributed by atoms with E-state index in [2.05, 4.69) is 55.9 Å². The van der Waals surface area contributed by atoms with E-state index in [1.165, 1.54) is 5.56 Å². The Morgan fingerprint density at radius 1 is 1.16 bits per heavy atom. The van der Waals surface area contributed by atoms with Crippen LogP contribution in [0.4, 0.5) is 5.95 Å². The number of imidazole rings is 1. The molecule has 1 aliphatic rings. The average Bonchev–Trinajstić information content (AvgIpc) is 3.05. The molecule has 2 heterocycles. The smallest absolute Gasteiger partial charge is 0.234 e. The minimum absolute atomic E-state index is 0.101. The van der Waals surface area contributed by atoms with Gasteiger partial charge in [0.15, 0.2) is 0 Å². The highest BCUT2D eigenvalue weighted by Crippen LogP contribution is 2.20. The number of anilines is 1. The quantitative estimate of drug-likeness (QED) is 0.901. The lowest BCUT2D eigenvalue weighted by Gasteiger charge is -2.35. The molecule has 0 atom stereocenters. The first-order valence-electron chi connectivity index (χ1n) is 8.90. The van der Waals surface area contributed by atoms with Crippen molar-refractivity contribution < 1.29 is 4.79 Å². The number of benzene rings is 1. The molecule has 0 aliphatic carbocycles. The van der Waals surface area contributed by atoms with Crippen molar-refractivity contribution in [1.29, 1.82) is 0 Å². The van der Waals surface area contributed by atoms with Crippen molar-refractivity contribution in [2.24, 2.45) is 0 Å².